The maximum atomic E-state index is 6.69. The Morgan fingerprint density at radius 2 is 0.828 bits per heavy atom. The summed E-state index contributed by atoms with van der Waals surface area (Å²) in [4.78, 5) is 2.36. The van der Waals surface area contributed by atoms with E-state index in [0.29, 0.717) is 0 Å². The fourth-order valence-electron chi connectivity index (χ4n) is 9.35. The van der Waals surface area contributed by atoms with E-state index in [-0.39, 0.29) is 0 Å². The predicted octanol–water partition coefficient (Wildman–Crippen LogP) is 16.0. The number of fused-ring (bicyclic) bond motifs is 9. The van der Waals surface area contributed by atoms with Crippen molar-refractivity contribution in [2.45, 2.75) is 0 Å². The van der Waals surface area contributed by atoms with Gasteiger partial charge in [-0.2, -0.15) is 0 Å². The zero-order valence-electron chi connectivity index (χ0n) is 31.6. The van der Waals surface area contributed by atoms with Gasteiger partial charge < -0.3 is 9.32 Å². The Labute approximate surface area is 336 Å². The zero-order chi connectivity index (χ0) is 38.2. The molecule has 0 radical (unpaired) electrons. The van der Waals surface area contributed by atoms with E-state index < -0.39 is 0 Å². The molecule has 11 aromatic rings. The van der Waals surface area contributed by atoms with Gasteiger partial charge in [0.2, 0.25) is 0 Å². The van der Waals surface area contributed by atoms with Crippen molar-refractivity contribution in [1.29, 1.82) is 0 Å². The van der Waals surface area contributed by atoms with Crippen LogP contribution in [0, 0.1) is 0 Å². The zero-order valence-corrected chi connectivity index (χ0v) is 31.6. The quantitative estimate of drug-likeness (QED) is 0.169. The van der Waals surface area contributed by atoms with Crippen LogP contribution in [0.15, 0.2) is 217 Å². The Morgan fingerprint density at radius 3 is 1.50 bits per heavy atom. The summed E-state index contributed by atoms with van der Waals surface area (Å²) in [5.74, 6) is 0. The molecule has 0 atom stereocenters. The van der Waals surface area contributed by atoms with Gasteiger partial charge in [-0.1, -0.05) is 164 Å². The summed E-state index contributed by atoms with van der Waals surface area (Å²) in [6.45, 7) is 0. The van der Waals surface area contributed by atoms with E-state index in [0.717, 1.165) is 44.6 Å². The van der Waals surface area contributed by atoms with Gasteiger partial charge in [0.25, 0.3) is 0 Å². The van der Waals surface area contributed by atoms with E-state index in [1.807, 2.05) is 6.07 Å². The van der Waals surface area contributed by atoms with Crippen LogP contribution in [-0.2, 0) is 0 Å². The molecule has 12 rings (SSSR count). The maximum Gasteiger partial charge on any atom is 0.159 e. The second kappa shape index (κ2) is 12.9. The SMILES string of the molecule is c1ccc(-c2cccc(N(c3ccc4cc5c(cc4c3)-c3c-5c(-c4ccccc4)c4ccccc4c3-c3ccccc3)c3cccc4c3oc3ccccc34)c2)cc1. The molecule has 58 heavy (non-hydrogen) atoms. The van der Waals surface area contributed by atoms with Gasteiger partial charge in [-0.25, -0.2) is 0 Å². The minimum Gasteiger partial charge on any atom is -0.454 e. The topological polar surface area (TPSA) is 16.4 Å². The van der Waals surface area contributed by atoms with Crippen LogP contribution in [0.3, 0.4) is 0 Å². The molecule has 0 saturated heterocycles. The normalized spacial score (nSPS) is 11.8. The largest absolute Gasteiger partial charge is 0.454 e. The summed E-state index contributed by atoms with van der Waals surface area (Å²) >= 11 is 0. The summed E-state index contributed by atoms with van der Waals surface area (Å²) in [5, 5.41) is 7.17. The molecule has 1 aliphatic carbocycles. The van der Waals surface area contributed by atoms with Crippen LogP contribution in [0.4, 0.5) is 17.1 Å². The number of nitrogens with zero attached hydrogens (tertiary/aromatic N) is 1. The summed E-state index contributed by atoms with van der Waals surface area (Å²) < 4.78 is 6.69. The van der Waals surface area contributed by atoms with Crippen molar-refractivity contribution >= 4 is 60.5 Å². The summed E-state index contributed by atoms with van der Waals surface area (Å²) in [7, 11) is 0. The molecule has 10 aromatic carbocycles. The first-order valence-corrected chi connectivity index (χ1v) is 19.9. The van der Waals surface area contributed by atoms with Gasteiger partial charge in [-0.05, 0) is 126 Å². The average Bonchev–Trinajstić information content (AvgIpc) is 3.68. The smallest absolute Gasteiger partial charge is 0.159 e. The number of benzene rings is 10. The number of rotatable bonds is 6. The highest BCUT2D eigenvalue weighted by Crippen LogP contribution is 2.60. The summed E-state index contributed by atoms with van der Waals surface area (Å²) in [6, 6.07) is 76.7. The van der Waals surface area contributed by atoms with Gasteiger partial charge in [0.15, 0.2) is 5.58 Å². The predicted molar refractivity (Wildman–Crippen MR) is 244 cm³/mol. The third kappa shape index (κ3) is 4.99. The summed E-state index contributed by atoms with van der Waals surface area (Å²) in [5.41, 5.74) is 17.5. The maximum absolute atomic E-state index is 6.69. The Kier molecular flexibility index (Phi) is 7.26. The second-order valence-electron chi connectivity index (χ2n) is 15.2. The van der Waals surface area contributed by atoms with E-state index in [1.54, 1.807) is 0 Å². The molecular weight excluding hydrogens is 703 g/mol. The van der Waals surface area contributed by atoms with Crippen molar-refractivity contribution in [2.24, 2.45) is 0 Å². The molecule has 0 saturated carbocycles. The van der Waals surface area contributed by atoms with E-state index >= 15 is 0 Å². The first-order chi connectivity index (χ1) is 28.8. The lowest BCUT2D eigenvalue weighted by Gasteiger charge is -2.33. The van der Waals surface area contributed by atoms with Gasteiger partial charge >= 0.3 is 0 Å². The third-order valence-corrected chi connectivity index (χ3v) is 11.9. The fraction of sp³-hybridized carbons (Fsp3) is 0. The summed E-state index contributed by atoms with van der Waals surface area (Å²) in [6.07, 6.45) is 0. The first kappa shape index (κ1) is 32.6. The Balaban J connectivity index is 1.09. The van der Waals surface area contributed by atoms with Crippen molar-refractivity contribution < 1.29 is 4.42 Å². The molecule has 0 bridgehead atoms. The number of hydrogen-bond acceptors (Lipinski definition) is 2. The molecule has 0 unspecified atom stereocenters. The minimum absolute atomic E-state index is 0.868. The van der Waals surface area contributed by atoms with Crippen LogP contribution in [0.25, 0.3) is 99.1 Å². The molecule has 2 nitrogen and oxygen atoms in total. The van der Waals surface area contributed by atoms with Gasteiger partial charge in [-0.3, -0.25) is 0 Å². The molecular formula is C56H35NO. The standard InChI is InChI=1S/C56H35NO/c1-4-16-36(17-5-1)39-22-14-23-42(32-39)57(50-28-15-27-47-44-24-12-13-29-51(44)58-56(47)50)43-31-30-40-34-48-49(35-41(40)33-43)55-53(38-20-8-3-9-21-38)46-26-11-10-25-45(46)52(54(48)55)37-18-6-2-7-19-37/h1-35H. The molecule has 0 amide bonds. The molecule has 1 heterocycles. The molecule has 270 valence electrons. The van der Waals surface area contributed by atoms with E-state index in [2.05, 4.69) is 211 Å². The van der Waals surface area contributed by atoms with E-state index in [1.165, 1.54) is 71.6 Å². The third-order valence-electron chi connectivity index (χ3n) is 11.9. The van der Waals surface area contributed by atoms with Crippen LogP contribution in [0.5, 0.6) is 0 Å². The fourth-order valence-corrected chi connectivity index (χ4v) is 9.35. The molecule has 0 aliphatic heterocycles. The lowest BCUT2D eigenvalue weighted by atomic mass is 9.70. The van der Waals surface area contributed by atoms with Crippen molar-refractivity contribution in [3.05, 3.63) is 212 Å². The van der Waals surface area contributed by atoms with Gasteiger partial charge in [-0.15, -0.1) is 0 Å². The average molecular weight is 738 g/mol. The lowest BCUT2D eigenvalue weighted by Crippen LogP contribution is -2.10. The Bertz CT molecular complexity index is 3380. The Morgan fingerprint density at radius 1 is 0.310 bits per heavy atom. The van der Waals surface area contributed by atoms with Crippen LogP contribution in [-0.4, -0.2) is 0 Å². The second-order valence-corrected chi connectivity index (χ2v) is 15.2. The van der Waals surface area contributed by atoms with Crippen LogP contribution >= 0.6 is 0 Å². The molecule has 1 aliphatic rings. The lowest BCUT2D eigenvalue weighted by molar-refractivity contribution is 0.669. The monoisotopic (exact) mass is 737 g/mol. The molecule has 1 aromatic heterocycles. The molecule has 2 heteroatoms. The number of anilines is 3. The van der Waals surface area contributed by atoms with Crippen molar-refractivity contribution in [1.82, 2.24) is 0 Å². The van der Waals surface area contributed by atoms with Crippen molar-refractivity contribution in [3.8, 4) is 55.6 Å². The molecule has 0 spiro atoms. The van der Waals surface area contributed by atoms with Gasteiger partial charge in [0, 0.05) is 22.1 Å². The van der Waals surface area contributed by atoms with Crippen molar-refractivity contribution in [3.63, 3.8) is 0 Å². The number of para-hydroxylation sites is 2. The number of furan rings is 1. The highest BCUT2D eigenvalue weighted by atomic mass is 16.3. The molecule has 0 fully saturated rings. The van der Waals surface area contributed by atoms with Crippen LogP contribution in [0.1, 0.15) is 0 Å². The molecule has 0 N–H and O–H groups in total. The van der Waals surface area contributed by atoms with Crippen molar-refractivity contribution in [2.75, 3.05) is 4.90 Å². The van der Waals surface area contributed by atoms with E-state index in [4.69, 9.17) is 4.42 Å². The number of hydrogen-bond donors (Lipinski definition) is 0. The highest BCUT2D eigenvalue weighted by Gasteiger charge is 2.33. The highest BCUT2D eigenvalue weighted by molar-refractivity contribution is 6.26. The Hall–Kier alpha value is -7.68. The van der Waals surface area contributed by atoms with Gasteiger partial charge in [0.05, 0.1) is 5.69 Å². The minimum atomic E-state index is 0.868. The van der Waals surface area contributed by atoms with E-state index in [9.17, 15) is 0 Å². The van der Waals surface area contributed by atoms with Gasteiger partial charge in [0.1, 0.15) is 5.58 Å². The van der Waals surface area contributed by atoms with Crippen LogP contribution < -0.4 is 4.90 Å². The van der Waals surface area contributed by atoms with Crippen LogP contribution in [0.2, 0.25) is 0 Å². The first-order valence-electron chi connectivity index (χ1n) is 19.9.